The van der Waals surface area contributed by atoms with Gasteiger partial charge in [-0.05, 0) is 51.1 Å². The molecule has 1 aliphatic rings. The molecular formula is C17H24N2. The van der Waals surface area contributed by atoms with Gasteiger partial charge in [-0.3, -0.25) is 4.90 Å². The molecule has 0 amide bonds. The molecule has 1 aromatic rings. The van der Waals surface area contributed by atoms with Crippen LogP contribution in [0.5, 0.6) is 0 Å². The van der Waals surface area contributed by atoms with Crippen LogP contribution in [-0.4, -0.2) is 23.5 Å². The molecule has 2 nitrogen and oxygen atoms in total. The minimum atomic E-state index is 0.156. The Morgan fingerprint density at radius 2 is 2.05 bits per heavy atom. The molecule has 1 fully saturated rings. The topological polar surface area (TPSA) is 27.0 Å². The molecule has 1 aliphatic heterocycles. The zero-order valence-corrected chi connectivity index (χ0v) is 12.1. The van der Waals surface area contributed by atoms with Crippen LogP contribution in [0.4, 0.5) is 0 Å². The van der Waals surface area contributed by atoms with E-state index in [4.69, 9.17) is 5.26 Å². The normalized spacial score (nSPS) is 22.9. The first-order valence-corrected chi connectivity index (χ1v) is 7.30. The van der Waals surface area contributed by atoms with E-state index in [1.807, 2.05) is 0 Å². The summed E-state index contributed by atoms with van der Waals surface area (Å²) in [7, 11) is 0. The summed E-state index contributed by atoms with van der Waals surface area (Å²) in [5.41, 5.74) is 1.56. The maximum atomic E-state index is 8.98. The lowest BCUT2D eigenvalue weighted by atomic mass is 9.77. The van der Waals surface area contributed by atoms with E-state index in [1.165, 1.54) is 24.9 Å². The summed E-state index contributed by atoms with van der Waals surface area (Å²) in [6, 6.07) is 13.0. The van der Waals surface area contributed by atoms with Crippen LogP contribution in [0.25, 0.3) is 0 Å². The second kappa shape index (κ2) is 6.21. The molecule has 0 spiro atoms. The van der Waals surface area contributed by atoms with Crippen LogP contribution < -0.4 is 0 Å². The summed E-state index contributed by atoms with van der Waals surface area (Å²) >= 11 is 0. The highest BCUT2D eigenvalue weighted by atomic mass is 15.2. The highest BCUT2D eigenvalue weighted by Crippen LogP contribution is 2.35. The zero-order valence-electron chi connectivity index (χ0n) is 12.1. The van der Waals surface area contributed by atoms with Crippen molar-refractivity contribution in [2.75, 3.05) is 13.1 Å². The number of hydrogen-bond acceptors (Lipinski definition) is 2. The summed E-state index contributed by atoms with van der Waals surface area (Å²) < 4.78 is 0. The molecule has 102 valence electrons. The third-order valence-corrected chi connectivity index (χ3v) is 4.65. The molecule has 0 aliphatic carbocycles. The van der Waals surface area contributed by atoms with E-state index < -0.39 is 0 Å². The standard InChI is InChI=1S/C17H24N2/c1-17(2)16(10-12-18)9-6-13-19(17)14-11-15-7-4-3-5-8-15/h3-5,7-8,16H,6,9-11,13-14H2,1-2H3. The van der Waals surface area contributed by atoms with Crippen molar-refractivity contribution in [3.63, 3.8) is 0 Å². The number of nitriles is 1. The summed E-state index contributed by atoms with van der Waals surface area (Å²) in [6.07, 6.45) is 4.21. The molecular weight excluding hydrogens is 232 g/mol. The van der Waals surface area contributed by atoms with Crippen LogP contribution in [0.1, 0.15) is 38.7 Å². The monoisotopic (exact) mass is 256 g/mol. The molecule has 2 rings (SSSR count). The van der Waals surface area contributed by atoms with E-state index in [2.05, 4.69) is 55.1 Å². The maximum absolute atomic E-state index is 8.98. The molecule has 1 saturated heterocycles. The van der Waals surface area contributed by atoms with Gasteiger partial charge in [0, 0.05) is 18.5 Å². The second-order valence-corrected chi connectivity index (χ2v) is 6.08. The maximum Gasteiger partial charge on any atom is 0.0625 e. The molecule has 1 heterocycles. The molecule has 0 bridgehead atoms. The number of likely N-dealkylation sites (tertiary alicyclic amines) is 1. The van der Waals surface area contributed by atoms with Crippen LogP contribution in [0, 0.1) is 17.2 Å². The number of piperidine rings is 1. The van der Waals surface area contributed by atoms with Crippen LogP contribution in [0.2, 0.25) is 0 Å². The summed E-state index contributed by atoms with van der Waals surface area (Å²) in [5.74, 6) is 0.516. The van der Waals surface area contributed by atoms with Gasteiger partial charge in [-0.25, -0.2) is 0 Å². The van der Waals surface area contributed by atoms with E-state index >= 15 is 0 Å². The van der Waals surface area contributed by atoms with Gasteiger partial charge in [0.15, 0.2) is 0 Å². The highest BCUT2D eigenvalue weighted by Gasteiger charge is 2.37. The highest BCUT2D eigenvalue weighted by molar-refractivity contribution is 5.15. The molecule has 2 heteroatoms. The molecule has 0 saturated carbocycles. The van der Waals surface area contributed by atoms with E-state index in [9.17, 15) is 0 Å². The van der Waals surface area contributed by atoms with E-state index in [1.54, 1.807) is 0 Å². The Hall–Kier alpha value is -1.33. The first kappa shape index (κ1) is 14.1. The fourth-order valence-corrected chi connectivity index (χ4v) is 3.20. The Kier molecular flexibility index (Phi) is 4.61. The van der Waals surface area contributed by atoms with Gasteiger partial charge in [0.25, 0.3) is 0 Å². The smallest absolute Gasteiger partial charge is 0.0625 e. The van der Waals surface area contributed by atoms with Gasteiger partial charge in [-0.15, -0.1) is 0 Å². The third-order valence-electron chi connectivity index (χ3n) is 4.65. The summed E-state index contributed by atoms with van der Waals surface area (Å²) in [6.45, 7) is 6.87. The number of rotatable bonds is 4. The lowest BCUT2D eigenvalue weighted by Gasteiger charge is -2.47. The molecule has 1 aromatic carbocycles. The van der Waals surface area contributed by atoms with E-state index in [0.717, 1.165) is 13.0 Å². The van der Waals surface area contributed by atoms with E-state index in [-0.39, 0.29) is 5.54 Å². The lowest BCUT2D eigenvalue weighted by molar-refractivity contribution is 0.0249. The SMILES string of the molecule is CC1(C)C(CC#N)CCCN1CCc1ccccc1. The fourth-order valence-electron chi connectivity index (χ4n) is 3.20. The molecule has 0 radical (unpaired) electrons. The average molecular weight is 256 g/mol. The Morgan fingerprint density at radius 1 is 1.32 bits per heavy atom. The number of benzene rings is 1. The fraction of sp³-hybridized carbons (Fsp3) is 0.588. The predicted molar refractivity (Wildman–Crippen MR) is 78.8 cm³/mol. The van der Waals surface area contributed by atoms with E-state index in [0.29, 0.717) is 12.3 Å². The lowest BCUT2D eigenvalue weighted by Crippen LogP contribution is -2.53. The molecule has 1 atom stereocenters. The Labute approximate surface area is 117 Å². The van der Waals surface area contributed by atoms with Crippen molar-refractivity contribution in [3.8, 4) is 6.07 Å². The average Bonchev–Trinajstić information content (AvgIpc) is 2.41. The number of hydrogen-bond donors (Lipinski definition) is 0. The van der Waals surface area contributed by atoms with Gasteiger partial charge in [-0.1, -0.05) is 30.3 Å². The molecule has 1 unspecified atom stereocenters. The largest absolute Gasteiger partial charge is 0.298 e. The van der Waals surface area contributed by atoms with Gasteiger partial charge < -0.3 is 0 Å². The van der Waals surface area contributed by atoms with Crippen molar-refractivity contribution in [1.29, 1.82) is 5.26 Å². The molecule has 19 heavy (non-hydrogen) atoms. The van der Waals surface area contributed by atoms with Crippen LogP contribution in [0.15, 0.2) is 30.3 Å². The van der Waals surface area contributed by atoms with Crippen LogP contribution >= 0.6 is 0 Å². The Bertz CT molecular complexity index is 430. The van der Waals surface area contributed by atoms with Gasteiger partial charge in [0.05, 0.1) is 6.07 Å². The predicted octanol–water partition coefficient (Wildman–Crippen LogP) is 3.63. The zero-order chi connectivity index (χ0) is 13.7. The Morgan fingerprint density at radius 3 is 2.74 bits per heavy atom. The summed E-state index contributed by atoms with van der Waals surface area (Å²) in [4.78, 5) is 2.57. The first-order valence-electron chi connectivity index (χ1n) is 7.30. The van der Waals surface area contributed by atoms with Gasteiger partial charge in [0.1, 0.15) is 0 Å². The third kappa shape index (κ3) is 3.36. The Balaban J connectivity index is 1.97. The first-order chi connectivity index (χ1) is 9.14. The van der Waals surface area contributed by atoms with Crippen molar-refractivity contribution >= 4 is 0 Å². The van der Waals surface area contributed by atoms with Crippen molar-refractivity contribution in [2.24, 2.45) is 5.92 Å². The van der Waals surface area contributed by atoms with Crippen LogP contribution in [0.3, 0.4) is 0 Å². The number of nitrogens with zero attached hydrogens (tertiary/aromatic N) is 2. The van der Waals surface area contributed by atoms with Crippen molar-refractivity contribution < 1.29 is 0 Å². The van der Waals surface area contributed by atoms with Crippen LogP contribution in [-0.2, 0) is 6.42 Å². The van der Waals surface area contributed by atoms with Crippen molar-refractivity contribution in [1.82, 2.24) is 4.90 Å². The minimum absolute atomic E-state index is 0.156. The van der Waals surface area contributed by atoms with Gasteiger partial charge in [0.2, 0.25) is 0 Å². The minimum Gasteiger partial charge on any atom is -0.298 e. The van der Waals surface area contributed by atoms with Crippen molar-refractivity contribution in [2.45, 2.75) is 45.1 Å². The molecule has 0 aromatic heterocycles. The van der Waals surface area contributed by atoms with Crippen molar-refractivity contribution in [3.05, 3.63) is 35.9 Å². The van der Waals surface area contributed by atoms with Gasteiger partial charge >= 0.3 is 0 Å². The van der Waals surface area contributed by atoms with Gasteiger partial charge in [-0.2, -0.15) is 5.26 Å². The second-order valence-electron chi connectivity index (χ2n) is 6.08. The molecule has 0 N–H and O–H groups in total. The summed E-state index contributed by atoms with van der Waals surface area (Å²) in [5, 5.41) is 8.98. The quantitative estimate of drug-likeness (QED) is 0.822.